The SMILES string of the molecule is Cc1cc(Nc2ncc(F)c(C)n2)cc(-c2cnc(C3(O)CCC(C)(C(=O)O)C(C)(C)C3)s2)c1. The van der Waals surface area contributed by atoms with Crippen LogP contribution in [0, 0.1) is 30.5 Å². The van der Waals surface area contributed by atoms with Crippen molar-refractivity contribution in [3.8, 4) is 10.4 Å². The molecule has 0 amide bonds. The zero-order valence-electron chi connectivity index (χ0n) is 19.9. The Balaban J connectivity index is 1.61. The van der Waals surface area contributed by atoms with Crippen molar-refractivity contribution in [3.63, 3.8) is 0 Å². The van der Waals surface area contributed by atoms with E-state index in [1.165, 1.54) is 11.3 Å². The van der Waals surface area contributed by atoms with Gasteiger partial charge in [0.2, 0.25) is 5.95 Å². The van der Waals surface area contributed by atoms with Crippen LogP contribution in [-0.4, -0.2) is 31.1 Å². The third kappa shape index (κ3) is 4.30. The summed E-state index contributed by atoms with van der Waals surface area (Å²) in [4.78, 5) is 25.5. The van der Waals surface area contributed by atoms with Gasteiger partial charge in [-0.15, -0.1) is 11.3 Å². The molecule has 1 saturated carbocycles. The van der Waals surface area contributed by atoms with Gasteiger partial charge in [-0.1, -0.05) is 19.9 Å². The second-order valence-corrected chi connectivity index (χ2v) is 11.1. The van der Waals surface area contributed by atoms with Gasteiger partial charge in [0.15, 0.2) is 5.82 Å². The monoisotopic (exact) mass is 484 g/mol. The Labute approximate surface area is 202 Å². The topological polar surface area (TPSA) is 108 Å². The molecule has 0 spiro atoms. The molecule has 3 aromatic rings. The molecule has 0 saturated heterocycles. The van der Waals surface area contributed by atoms with E-state index in [-0.39, 0.29) is 5.69 Å². The van der Waals surface area contributed by atoms with Gasteiger partial charge in [-0.3, -0.25) is 4.79 Å². The van der Waals surface area contributed by atoms with Crippen LogP contribution in [0.5, 0.6) is 0 Å². The Morgan fingerprint density at radius 3 is 2.50 bits per heavy atom. The number of carboxylic acid groups (broad SMARTS) is 1. The fraction of sp³-hybridized carbons (Fsp3) is 0.440. The summed E-state index contributed by atoms with van der Waals surface area (Å²) in [6.45, 7) is 9.11. The quantitative estimate of drug-likeness (QED) is 0.433. The largest absolute Gasteiger partial charge is 0.481 e. The van der Waals surface area contributed by atoms with E-state index in [1.807, 2.05) is 39.0 Å². The van der Waals surface area contributed by atoms with Gasteiger partial charge in [-0.25, -0.2) is 19.3 Å². The summed E-state index contributed by atoms with van der Waals surface area (Å²) in [5.74, 6) is -0.986. The molecule has 2 aromatic heterocycles. The van der Waals surface area contributed by atoms with Gasteiger partial charge in [0.25, 0.3) is 0 Å². The van der Waals surface area contributed by atoms with Crippen molar-refractivity contribution >= 4 is 28.9 Å². The minimum atomic E-state index is -1.17. The standard InChI is InChI=1S/C25H29FN4O3S/c1-14-8-16(10-17(9-14)30-22-28-11-18(26)15(2)29-22)19-12-27-20(34-19)25(33)7-6-24(5,21(31)32)23(3,4)13-25/h8-12,33H,6-7,13H2,1-5H3,(H,31,32)(H,28,29,30). The average molecular weight is 485 g/mol. The number of anilines is 2. The summed E-state index contributed by atoms with van der Waals surface area (Å²) in [7, 11) is 0. The molecule has 2 heterocycles. The Morgan fingerprint density at radius 2 is 1.85 bits per heavy atom. The Bertz CT molecular complexity index is 1260. The molecule has 0 bridgehead atoms. The van der Waals surface area contributed by atoms with Crippen molar-refractivity contribution < 1.29 is 19.4 Å². The molecule has 9 heteroatoms. The van der Waals surface area contributed by atoms with E-state index in [1.54, 1.807) is 20.0 Å². The highest BCUT2D eigenvalue weighted by molar-refractivity contribution is 7.15. The summed E-state index contributed by atoms with van der Waals surface area (Å²) >= 11 is 1.41. The van der Waals surface area contributed by atoms with Crippen LogP contribution in [0.2, 0.25) is 0 Å². The molecule has 4 rings (SSSR count). The summed E-state index contributed by atoms with van der Waals surface area (Å²) in [6.07, 6.45) is 3.91. The Morgan fingerprint density at radius 1 is 1.12 bits per heavy atom. The van der Waals surface area contributed by atoms with Crippen LogP contribution in [0.3, 0.4) is 0 Å². The molecular formula is C25H29FN4O3S. The molecule has 3 N–H and O–H groups in total. The lowest BCUT2D eigenvalue weighted by Crippen LogP contribution is -2.51. The van der Waals surface area contributed by atoms with Gasteiger partial charge >= 0.3 is 5.97 Å². The van der Waals surface area contributed by atoms with Gasteiger partial charge in [0, 0.05) is 11.9 Å². The number of aliphatic carboxylic acids is 1. The molecule has 7 nitrogen and oxygen atoms in total. The van der Waals surface area contributed by atoms with E-state index >= 15 is 0 Å². The Kier molecular flexibility index (Phi) is 5.98. The molecule has 1 aliphatic rings. The average Bonchev–Trinajstić information content (AvgIpc) is 3.24. The first kappa shape index (κ1) is 24.2. The number of aromatic nitrogens is 3. The minimum absolute atomic E-state index is 0.264. The van der Waals surface area contributed by atoms with Crippen molar-refractivity contribution in [1.29, 1.82) is 0 Å². The third-order valence-corrected chi connectivity index (χ3v) is 8.42. The molecule has 180 valence electrons. The number of hydrogen-bond donors (Lipinski definition) is 3. The van der Waals surface area contributed by atoms with Gasteiger partial charge in [-0.05, 0) is 68.7 Å². The lowest BCUT2D eigenvalue weighted by atomic mass is 9.55. The molecule has 34 heavy (non-hydrogen) atoms. The first-order valence-corrected chi connectivity index (χ1v) is 11.9. The number of nitrogens with zero attached hydrogens (tertiary/aromatic N) is 3. The maximum Gasteiger partial charge on any atom is 0.309 e. The van der Waals surface area contributed by atoms with Crippen molar-refractivity contribution in [2.45, 2.75) is 59.5 Å². The number of benzene rings is 1. The van der Waals surface area contributed by atoms with Crippen molar-refractivity contribution in [2.75, 3.05) is 5.32 Å². The number of hydrogen-bond acceptors (Lipinski definition) is 7. The highest BCUT2D eigenvalue weighted by Gasteiger charge is 2.56. The number of aryl methyl sites for hydroxylation is 2. The summed E-state index contributed by atoms with van der Waals surface area (Å²) < 4.78 is 13.5. The predicted octanol–water partition coefficient (Wildman–Crippen LogP) is 5.59. The third-order valence-electron chi connectivity index (χ3n) is 7.18. The van der Waals surface area contributed by atoms with Crippen molar-refractivity contribution in [2.24, 2.45) is 10.8 Å². The summed E-state index contributed by atoms with van der Waals surface area (Å²) in [6, 6.07) is 5.90. The second kappa shape index (κ2) is 8.39. The number of aliphatic hydroxyl groups is 1. The van der Waals surface area contributed by atoms with Crippen molar-refractivity contribution in [3.05, 3.63) is 52.7 Å². The smallest absolute Gasteiger partial charge is 0.309 e. The fourth-order valence-electron chi connectivity index (χ4n) is 4.65. The van der Waals surface area contributed by atoms with Gasteiger partial charge < -0.3 is 15.5 Å². The maximum absolute atomic E-state index is 13.5. The Hall–Kier alpha value is -2.91. The van der Waals surface area contributed by atoms with Crippen LogP contribution < -0.4 is 5.32 Å². The zero-order valence-corrected chi connectivity index (χ0v) is 20.8. The molecule has 0 aliphatic heterocycles. The summed E-state index contributed by atoms with van der Waals surface area (Å²) in [5, 5.41) is 25.0. The fourth-order valence-corrected chi connectivity index (χ4v) is 5.67. The van der Waals surface area contributed by atoms with Crippen LogP contribution >= 0.6 is 11.3 Å². The molecular weight excluding hydrogens is 455 g/mol. The number of thiazole rings is 1. The van der Waals surface area contributed by atoms with Gasteiger partial charge in [0.1, 0.15) is 10.6 Å². The number of rotatable bonds is 5. The molecule has 1 aromatic carbocycles. The van der Waals surface area contributed by atoms with Crippen molar-refractivity contribution in [1.82, 2.24) is 15.0 Å². The van der Waals surface area contributed by atoms with E-state index < -0.39 is 28.2 Å². The number of halogens is 1. The lowest BCUT2D eigenvalue weighted by molar-refractivity contribution is -0.170. The highest BCUT2D eigenvalue weighted by atomic mass is 32.1. The number of carboxylic acids is 1. The van der Waals surface area contributed by atoms with E-state index in [0.717, 1.165) is 27.9 Å². The van der Waals surface area contributed by atoms with Crippen LogP contribution in [0.25, 0.3) is 10.4 Å². The first-order valence-electron chi connectivity index (χ1n) is 11.1. The van der Waals surface area contributed by atoms with E-state index in [4.69, 9.17) is 0 Å². The first-order chi connectivity index (χ1) is 15.8. The van der Waals surface area contributed by atoms with E-state index in [0.29, 0.717) is 30.2 Å². The van der Waals surface area contributed by atoms with Crippen LogP contribution in [0.15, 0.2) is 30.6 Å². The second-order valence-electron chi connectivity index (χ2n) is 10.1. The van der Waals surface area contributed by atoms with Crippen LogP contribution in [-0.2, 0) is 10.4 Å². The zero-order chi connectivity index (χ0) is 24.9. The lowest BCUT2D eigenvalue weighted by Gasteiger charge is -2.50. The molecule has 2 unspecified atom stereocenters. The van der Waals surface area contributed by atoms with Crippen LogP contribution in [0.1, 0.15) is 56.3 Å². The molecule has 0 radical (unpaired) electrons. The van der Waals surface area contributed by atoms with Gasteiger partial charge in [-0.2, -0.15) is 0 Å². The number of nitrogens with one attached hydrogen (secondary N) is 1. The normalized spacial score (nSPS) is 24.1. The highest BCUT2D eigenvalue weighted by Crippen LogP contribution is 2.56. The summed E-state index contributed by atoms with van der Waals surface area (Å²) in [5.41, 5.74) is 0.252. The van der Waals surface area contributed by atoms with E-state index in [2.05, 4.69) is 20.3 Å². The van der Waals surface area contributed by atoms with E-state index in [9.17, 15) is 19.4 Å². The number of carbonyl (C=O) groups is 1. The molecule has 2 atom stereocenters. The molecule has 1 fully saturated rings. The van der Waals surface area contributed by atoms with Gasteiger partial charge in [0.05, 0.1) is 22.2 Å². The van der Waals surface area contributed by atoms with Crippen LogP contribution in [0.4, 0.5) is 16.0 Å². The maximum atomic E-state index is 13.5. The predicted molar refractivity (Wildman–Crippen MR) is 130 cm³/mol. The molecule has 1 aliphatic carbocycles. The minimum Gasteiger partial charge on any atom is -0.481 e.